The highest BCUT2D eigenvalue weighted by Gasteiger charge is 2.04. The highest BCUT2D eigenvalue weighted by Crippen LogP contribution is 2.05. The Kier molecular flexibility index (Phi) is 2.99. The smallest absolute Gasteiger partial charge is 0.251 e. The third-order valence-electron chi connectivity index (χ3n) is 2.53. The summed E-state index contributed by atoms with van der Waals surface area (Å²) in [7, 11) is 0. The monoisotopic (exact) mass is 232 g/mol. The second-order valence-corrected chi connectivity index (χ2v) is 4.31. The van der Waals surface area contributed by atoms with Crippen LogP contribution in [0.5, 0.6) is 0 Å². The summed E-state index contributed by atoms with van der Waals surface area (Å²) in [5, 5.41) is 4.39. The van der Waals surface area contributed by atoms with E-state index in [1.807, 2.05) is 16.9 Å². The average Bonchev–Trinajstić information content (AvgIpc) is 2.72. The van der Waals surface area contributed by atoms with Gasteiger partial charge in [0.25, 0.3) is 5.56 Å². The van der Waals surface area contributed by atoms with Crippen LogP contribution in [0.3, 0.4) is 0 Å². The molecule has 2 N–H and O–H groups in total. The van der Waals surface area contributed by atoms with Crippen LogP contribution in [0.4, 0.5) is 5.69 Å². The summed E-state index contributed by atoms with van der Waals surface area (Å²) < 4.78 is 3.43. The second-order valence-electron chi connectivity index (χ2n) is 4.31. The van der Waals surface area contributed by atoms with Crippen molar-refractivity contribution in [1.82, 2.24) is 14.3 Å². The van der Waals surface area contributed by atoms with Gasteiger partial charge in [0, 0.05) is 30.2 Å². The highest BCUT2D eigenvalue weighted by atomic mass is 16.1. The first-order valence-corrected chi connectivity index (χ1v) is 5.56. The molecule has 2 rings (SSSR count). The Bertz CT molecular complexity index is 568. The number of rotatable bonds is 3. The van der Waals surface area contributed by atoms with Crippen LogP contribution in [0.25, 0.3) is 0 Å². The molecule has 17 heavy (non-hydrogen) atoms. The molecule has 2 aromatic heterocycles. The van der Waals surface area contributed by atoms with Crippen LogP contribution >= 0.6 is 0 Å². The Balaban J connectivity index is 2.25. The molecule has 5 heteroatoms. The Morgan fingerprint density at radius 2 is 2.12 bits per heavy atom. The predicted octanol–water partition coefficient (Wildman–Crippen LogP) is 1.26. The van der Waals surface area contributed by atoms with E-state index in [2.05, 4.69) is 18.9 Å². The molecule has 0 amide bonds. The topological polar surface area (TPSA) is 65.8 Å². The lowest BCUT2D eigenvalue weighted by Gasteiger charge is -2.05. The van der Waals surface area contributed by atoms with Gasteiger partial charge in [-0.3, -0.25) is 9.48 Å². The van der Waals surface area contributed by atoms with Crippen molar-refractivity contribution < 1.29 is 0 Å². The molecule has 0 saturated heterocycles. The zero-order valence-electron chi connectivity index (χ0n) is 10.00. The molecule has 0 radical (unpaired) electrons. The zero-order chi connectivity index (χ0) is 12.4. The molecule has 2 aromatic rings. The maximum Gasteiger partial charge on any atom is 0.251 e. The van der Waals surface area contributed by atoms with E-state index in [1.165, 1.54) is 6.07 Å². The number of nitrogens with zero attached hydrogens (tertiary/aromatic N) is 3. The van der Waals surface area contributed by atoms with Gasteiger partial charge in [0.15, 0.2) is 0 Å². The van der Waals surface area contributed by atoms with Crippen molar-refractivity contribution in [2.45, 2.75) is 26.4 Å². The SMILES string of the molecule is CC(C)n1ccc(Cn2cc(N)ccc2=O)n1. The van der Waals surface area contributed by atoms with Crippen molar-refractivity contribution in [2.75, 3.05) is 5.73 Å². The summed E-state index contributed by atoms with van der Waals surface area (Å²) in [5.41, 5.74) is 7.01. The number of aromatic nitrogens is 3. The van der Waals surface area contributed by atoms with Gasteiger partial charge in [-0.15, -0.1) is 0 Å². The molecule has 2 heterocycles. The average molecular weight is 232 g/mol. The van der Waals surface area contributed by atoms with Crippen LogP contribution in [0.15, 0.2) is 35.4 Å². The van der Waals surface area contributed by atoms with Crippen molar-refractivity contribution in [3.05, 3.63) is 46.6 Å². The largest absolute Gasteiger partial charge is 0.398 e. The van der Waals surface area contributed by atoms with E-state index in [1.54, 1.807) is 16.8 Å². The maximum absolute atomic E-state index is 11.6. The van der Waals surface area contributed by atoms with E-state index < -0.39 is 0 Å². The summed E-state index contributed by atoms with van der Waals surface area (Å²) in [4.78, 5) is 11.6. The van der Waals surface area contributed by atoms with Gasteiger partial charge in [-0.1, -0.05) is 0 Å². The minimum Gasteiger partial charge on any atom is -0.398 e. The lowest BCUT2D eigenvalue weighted by molar-refractivity contribution is 0.523. The summed E-state index contributed by atoms with van der Waals surface area (Å²) in [6.07, 6.45) is 3.55. The van der Waals surface area contributed by atoms with Crippen LogP contribution in [0.2, 0.25) is 0 Å². The molecule has 0 spiro atoms. The van der Waals surface area contributed by atoms with E-state index >= 15 is 0 Å². The number of hydrogen-bond acceptors (Lipinski definition) is 3. The van der Waals surface area contributed by atoms with Gasteiger partial charge in [0.2, 0.25) is 0 Å². The minimum absolute atomic E-state index is 0.0710. The fourth-order valence-corrected chi connectivity index (χ4v) is 1.60. The third kappa shape index (κ3) is 2.55. The molecule has 0 fully saturated rings. The molecule has 0 bridgehead atoms. The number of nitrogens with two attached hydrogens (primary N) is 1. The van der Waals surface area contributed by atoms with Crippen molar-refractivity contribution in [3.63, 3.8) is 0 Å². The van der Waals surface area contributed by atoms with Gasteiger partial charge < -0.3 is 10.3 Å². The normalized spacial score (nSPS) is 11.0. The highest BCUT2D eigenvalue weighted by molar-refractivity contribution is 5.33. The van der Waals surface area contributed by atoms with Gasteiger partial charge in [-0.05, 0) is 26.0 Å². The summed E-state index contributed by atoms with van der Waals surface area (Å²) in [5.74, 6) is 0. The lowest BCUT2D eigenvalue weighted by Crippen LogP contribution is -2.19. The van der Waals surface area contributed by atoms with E-state index in [0.717, 1.165) is 5.69 Å². The van der Waals surface area contributed by atoms with Crippen LogP contribution in [-0.4, -0.2) is 14.3 Å². The van der Waals surface area contributed by atoms with Crippen LogP contribution < -0.4 is 11.3 Å². The zero-order valence-corrected chi connectivity index (χ0v) is 10.00. The van der Waals surface area contributed by atoms with Crippen molar-refractivity contribution >= 4 is 5.69 Å². The maximum atomic E-state index is 11.6. The molecule has 0 aliphatic carbocycles. The van der Waals surface area contributed by atoms with E-state index in [4.69, 9.17) is 5.73 Å². The molecule has 0 aliphatic heterocycles. The standard InChI is InChI=1S/C12H16N4O/c1-9(2)16-6-5-11(14-16)8-15-7-10(13)3-4-12(15)17/h3-7,9H,8,13H2,1-2H3. The molecular weight excluding hydrogens is 216 g/mol. The fourth-order valence-electron chi connectivity index (χ4n) is 1.60. The van der Waals surface area contributed by atoms with Crippen molar-refractivity contribution in [1.29, 1.82) is 0 Å². The third-order valence-corrected chi connectivity index (χ3v) is 2.53. The molecule has 0 aromatic carbocycles. The molecule has 0 saturated carbocycles. The van der Waals surface area contributed by atoms with Gasteiger partial charge >= 0.3 is 0 Å². The fraction of sp³-hybridized carbons (Fsp3) is 0.333. The van der Waals surface area contributed by atoms with Crippen molar-refractivity contribution in [3.8, 4) is 0 Å². The van der Waals surface area contributed by atoms with Gasteiger partial charge in [0.1, 0.15) is 0 Å². The Labute approximate surface area is 99.5 Å². The summed E-state index contributed by atoms with van der Waals surface area (Å²) >= 11 is 0. The van der Waals surface area contributed by atoms with Crippen molar-refractivity contribution in [2.24, 2.45) is 0 Å². The lowest BCUT2D eigenvalue weighted by atomic mass is 10.4. The number of nitrogen functional groups attached to an aromatic ring is 1. The van der Waals surface area contributed by atoms with Crippen LogP contribution in [0.1, 0.15) is 25.6 Å². The molecular formula is C12H16N4O. The Morgan fingerprint density at radius 3 is 2.76 bits per heavy atom. The molecule has 90 valence electrons. The Hall–Kier alpha value is -2.04. The first-order valence-electron chi connectivity index (χ1n) is 5.56. The van der Waals surface area contributed by atoms with Gasteiger partial charge in [-0.25, -0.2) is 0 Å². The van der Waals surface area contributed by atoms with Gasteiger partial charge in [0.05, 0.1) is 12.2 Å². The Morgan fingerprint density at radius 1 is 1.35 bits per heavy atom. The summed E-state index contributed by atoms with van der Waals surface area (Å²) in [6, 6.07) is 5.30. The van der Waals surface area contributed by atoms with E-state index in [9.17, 15) is 4.79 Å². The first-order chi connectivity index (χ1) is 8.06. The second kappa shape index (κ2) is 4.45. The van der Waals surface area contributed by atoms with Crippen LogP contribution in [-0.2, 0) is 6.54 Å². The van der Waals surface area contributed by atoms with E-state index in [0.29, 0.717) is 18.3 Å². The summed E-state index contributed by atoms with van der Waals surface area (Å²) in [6.45, 7) is 4.57. The van der Waals surface area contributed by atoms with Crippen LogP contribution in [0, 0.1) is 0 Å². The molecule has 0 unspecified atom stereocenters. The number of hydrogen-bond donors (Lipinski definition) is 1. The van der Waals surface area contributed by atoms with E-state index in [-0.39, 0.29) is 5.56 Å². The molecule has 0 atom stereocenters. The number of pyridine rings is 1. The number of anilines is 1. The first kappa shape index (κ1) is 11.4. The quantitative estimate of drug-likeness (QED) is 0.866. The minimum atomic E-state index is -0.0710. The van der Waals surface area contributed by atoms with Gasteiger partial charge in [-0.2, -0.15) is 5.10 Å². The molecule has 5 nitrogen and oxygen atoms in total. The molecule has 0 aliphatic rings. The predicted molar refractivity (Wildman–Crippen MR) is 66.8 cm³/mol.